The van der Waals surface area contributed by atoms with Gasteiger partial charge >= 0.3 is 5.97 Å². The molecule has 0 bridgehead atoms. The first kappa shape index (κ1) is 15.3. The number of nitrogens with one attached hydrogen (secondary N) is 1. The summed E-state index contributed by atoms with van der Waals surface area (Å²) in [5, 5.41) is 8.68. The summed E-state index contributed by atoms with van der Waals surface area (Å²) >= 11 is 0. The molecule has 0 radical (unpaired) electrons. The summed E-state index contributed by atoms with van der Waals surface area (Å²) in [7, 11) is -1.77. The molecule has 2 rings (SSSR count). The highest BCUT2D eigenvalue weighted by atomic mass is 32.2. The van der Waals surface area contributed by atoms with Gasteiger partial charge < -0.3 is 9.67 Å². The number of benzene rings is 1. The van der Waals surface area contributed by atoms with Crippen LogP contribution in [-0.2, 0) is 34.8 Å². The topological polar surface area (TPSA) is 88.4 Å². The van der Waals surface area contributed by atoms with Crippen LogP contribution in [0.3, 0.4) is 0 Å². The Labute approximate surface area is 123 Å². The first-order valence-corrected chi connectivity index (χ1v) is 7.77. The summed E-state index contributed by atoms with van der Waals surface area (Å²) < 4.78 is 28.6. The van der Waals surface area contributed by atoms with Crippen LogP contribution in [0.1, 0.15) is 11.3 Å². The quantitative estimate of drug-likeness (QED) is 0.837. The van der Waals surface area contributed by atoms with Gasteiger partial charge in [0.25, 0.3) is 0 Å². The van der Waals surface area contributed by atoms with Gasteiger partial charge in [0.1, 0.15) is 0 Å². The fraction of sp³-hybridized carbons (Fsp3) is 0.214. The first-order chi connectivity index (χ1) is 9.88. The Morgan fingerprint density at radius 3 is 2.43 bits per heavy atom. The zero-order chi connectivity index (χ0) is 15.5. The van der Waals surface area contributed by atoms with E-state index in [1.54, 1.807) is 0 Å². The molecule has 6 nitrogen and oxygen atoms in total. The van der Waals surface area contributed by atoms with E-state index < -0.39 is 16.0 Å². The molecular formula is C14H16N2O4S. The van der Waals surface area contributed by atoms with E-state index in [-0.39, 0.29) is 17.9 Å². The Morgan fingerprint density at radius 1 is 1.24 bits per heavy atom. The third kappa shape index (κ3) is 3.93. The SMILES string of the molecule is Cn1cccc1CNS(=O)(=O)c1ccc(CC(=O)O)cc1. The number of rotatable bonds is 6. The van der Waals surface area contributed by atoms with Crippen LogP contribution in [0, 0.1) is 0 Å². The van der Waals surface area contributed by atoms with Gasteiger partial charge in [-0.3, -0.25) is 4.79 Å². The minimum absolute atomic E-state index is 0.117. The fourth-order valence-corrected chi connectivity index (χ4v) is 2.89. The number of carbonyl (C=O) groups is 1. The highest BCUT2D eigenvalue weighted by molar-refractivity contribution is 7.89. The van der Waals surface area contributed by atoms with Crippen molar-refractivity contribution in [2.24, 2.45) is 7.05 Å². The maximum atomic E-state index is 12.1. The summed E-state index contributed by atoms with van der Waals surface area (Å²) in [4.78, 5) is 10.7. The molecule has 112 valence electrons. The van der Waals surface area contributed by atoms with Gasteiger partial charge in [-0.15, -0.1) is 0 Å². The monoisotopic (exact) mass is 308 g/mol. The molecule has 0 unspecified atom stereocenters. The van der Waals surface area contributed by atoms with Crippen molar-refractivity contribution < 1.29 is 18.3 Å². The molecule has 0 fully saturated rings. The zero-order valence-electron chi connectivity index (χ0n) is 11.5. The molecule has 21 heavy (non-hydrogen) atoms. The lowest BCUT2D eigenvalue weighted by molar-refractivity contribution is -0.136. The number of sulfonamides is 1. The van der Waals surface area contributed by atoms with Gasteiger partial charge in [0.15, 0.2) is 0 Å². The van der Waals surface area contributed by atoms with E-state index in [0.29, 0.717) is 5.56 Å². The molecular weight excluding hydrogens is 292 g/mol. The number of hydrogen-bond donors (Lipinski definition) is 2. The Bertz CT molecular complexity index is 733. The third-order valence-corrected chi connectivity index (χ3v) is 4.50. The van der Waals surface area contributed by atoms with Crippen molar-refractivity contribution in [3.8, 4) is 0 Å². The van der Waals surface area contributed by atoms with E-state index in [1.807, 2.05) is 29.9 Å². The lowest BCUT2D eigenvalue weighted by atomic mass is 10.2. The number of carboxylic acids is 1. The minimum Gasteiger partial charge on any atom is -0.481 e. The van der Waals surface area contributed by atoms with Crippen molar-refractivity contribution in [2.75, 3.05) is 0 Å². The van der Waals surface area contributed by atoms with Crippen molar-refractivity contribution in [3.05, 3.63) is 53.9 Å². The molecule has 0 spiro atoms. The Balaban J connectivity index is 2.08. The Morgan fingerprint density at radius 2 is 1.90 bits per heavy atom. The van der Waals surface area contributed by atoms with Crippen LogP contribution in [0.5, 0.6) is 0 Å². The van der Waals surface area contributed by atoms with Gasteiger partial charge in [0, 0.05) is 18.9 Å². The number of aryl methyl sites for hydroxylation is 1. The maximum Gasteiger partial charge on any atom is 0.307 e. The molecule has 0 atom stereocenters. The van der Waals surface area contributed by atoms with E-state index in [1.165, 1.54) is 24.3 Å². The zero-order valence-corrected chi connectivity index (χ0v) is 12.3. The van der Waals surface area contributed by atoms with Crippen LogP contribution in [0.15, 0.2) is 47.5 Å². The van der Waals surface area contributed by atoms with E-state index in [9.17, 15) is 13.2 Å². The average Bonchev–Trinajstić information content (AvgIpc) is 2.82. The largest absolute Gasteiger partial charge is 0.481 e. The summed E-state index contributed by atoms with van der Waals surface area (Å²) in [6, 6.07) is 9.50. The Hall–Kier alpha value is -2.12. The van der Waals surface area contributed by atoms with E-state index >= 15 is 0 Å². The normalized spacial score (nSPS) is 11.5. The molecule has 0 aliphatic heterocycles. The predicted molar refractivity (Wildman–Crippen MR) is 77.2 cm³/mol. The van der Waals surface area contributed by atoms with Gasteiger partial charge in [-0.2, -0.15) is 0 Å². The van der Waals surface area contributed by atoms with Gasteiger partial charge in [0.05, 0.1) is 17.9 Å². The van der Waals surface area contributed by atoms with Gasteiger partial charge in [0.2, 0.25) is 10.0 Å². The van der Waals surface area contributed by atoms with Gasteiger partial charge in [-0.25, -0.2) is 13.1 Å². The molecule has 2 N–H and O–H groups in total. The molecule has 0 amide bonds. The molecule has 1 aromatic heterocycles. The van der Waals surface area contributed by atoms with Crippen LogP contribution in [0.25, 0.3) is 0 Å². The van der Waals surface area contributed by atoms with Crippen LogP contribution >= 0.6 is 0 Å². The van der Waals surface area contributed by atoms with Crippen LogP contribution in [-0.4, -0.2) is 24.1 Å². The molecule has 0 saturated heterocycles. The van der Waals surface area contributed by atoms with Crippen LogP contribution in [0.4, 0.5) is 0 Å². The predicted octanol–water partition coefficient (Wildman–Crippen LogP) is 1.13. The number of nitrogens with zero attached hydrogens (tertiary/aromatic N) is 1. The van der Waals surface area contributed by atoms with Crippen molar-refractivity contribution in [3.63, 3.8) is 0 Å². The lowest BCUT2D eigenvalue weighted by Gasteiger charge is -2.08. The van der Waals surface area contributed by atoms with Crippen molar-refractivity contribution >= 4 is 16.0 Å². The minimum atomic E-state index is -3.61. The first-order valence-electron chi connectivity index (χ1n) is 6.29. The van der Waals surface area contributed by atoms with Crippen molar-refractivity contribution in [2.45, 2.75) is 17.9 Å². The highest BCUT2D eigenvalue weighted by Crippen LogP contribution is 2.12. The lowest BCUT2D eigenvalue weighted by Crippen LogP contribution is -2.24. The van der Waals surface area contributed by atoms with Crippen LogP contribution < -0.4 is 4.72 Å². The summed E-state index contributed by atoms with van der Waals surface area (Å²) in [5.74, 6) is -0.951. The average molecular weight is 308 g/mol. The summed E-state index contributed by atoms with van der Waals surface area (Å²) in [5.41, 5.74) is 1.41. The van der Waals surface area contributed by atoms with E-state index in [4.69, 9.17) is 5.11 Å². The summed E-state index contributed by atoms with van der Waals surface area (Å²) in [6.07, 6.45) is 1.71. The molecule has 1 aromatic carbocycles. The standard InChI is InChI=1S/C14H16N2O4S/c1-16-8-2-3-12(16)10-15-21(19,20)13-6-4-11(5-7-13)9-14(17)18/h2-8,15H,9-10H2,1H3,(H,17,18). The molecule has 1 heterocycles. The van der Waals surface area contributed by atoms with E-state index in [0.717, 1.165) is 5.69 Å². The maximum absolute atomic E-state index is 12.1. The van der Waals surface area contributed by atoms with Crippen LogP contribution in [0.2, 0.25) is 0 Å². The van der Waals surface area contributed by atoms with E-state index in [2.05, 4.69) is 4.72 Å². The number of carboxylic acid groups (broad SMARTS) is 1. The molecule has 0 aliphatic rings. The van der Waals surface area contributed by atoms with Crippen molar-refractivity contribution in [1.82, 2.24) is 9.29 Å². The molecule has 7 heteroatoms. The number of hydrogen-bond acceptors (Lipinski definition) is 3. The molecule has 0 aliphatic carbocycles. The smallest absolute Gasteiger partial charge is 0.307 e. The molecule has 2 aromatic rings. The third-order valence-electron chi connectivity index (χ3n) is 3.08. The second-order valence-electron chi connectivity index (χ2n) is 4.65. The second-order valence-corrected chi connectivity index (χ2v) is 6.42. The van der Waals surface area contributed by atoms with Gasteiger partial charge in [-0.1, -0.05) is 12.1 Å². The molecule has 0 saturated carbocycles. The highest BCUT2D eigenvalue weighted by Gasteiger charge is 2.14. The van der Waals surface area contributed by atoms with Gasteiger partial charge in [-0.05, 0) is 29.8 Å². The Kier molecular flexibility index (Phi) is 4.44. The van der Waals surface area contributed by atoms with Crippen molar-refractivity contribution in [1.29, 1.82) is 0 Å². The second kappa shape index (κ2) is 6.11. The fourth-order valence-electron chi connectivity index (χ4n) is 1.89. The number of aromatic nitrogens is 1. The number of aliphatic carboxylic acids is 1. The summed E-state index contributed by atoms with van der Waals surface area (Å²) in [6.45, 7) is 0.197.